The first-order valence-corrected chi connectivity index (χ1v) is 14.6. The summed E-state index contributed by atoms with van der Waals surface area (Å²) in [6.45, 7) is 8.31. The third-order valence-electron chi connectivity index (χ3n) is 5.03. The molecule has 2 atom stereocenters. The van der Waals surface area contributed by atoms with E-state index in [4.69, 9.17) is 4.43 Å². The van der Waals surface area contributed by atoms with Crippen molar-refractivity contribution in [2.75, 3.05) is 12.4 Å². The number of hydrogen-bond acceptors (Lipinski definition) is 5. The number of nitrogens with one attached hydrogen (secondary N) is 1. The van der Waals surface area contributed by atoms with Crippen LogP contribution < -0.4 is 5.32 Å². The van der Waals surface area contributed by atoms with Crippen molar-refractivity contribution >= 4 is 19.1 Å². The summed E-state index contributed by atoms with van der Waals surface area (Å²) in [4.78, 5) is 0.690. The summed E-state index contributed by atoms with van der Waals surface area (Å²) in [6, 6.07) is 12.3. The van der Waals surface area contributed by atoms with Crippen molar-refractivity contribution in [2.45, 2.75) is 74.6 Å². The normalized spacial score (nSPS) is 19.8. The van der Waals surface area contributed by atoms with Crippen LogP contribution in [0.5, 0.6) is 0 Å². The topological polar surface area (TPSA) is 85.9 Å². The lowest BCUT2D eigenvalue weighted by Crippen LogP contribution is -2.63. The molecule has 1 aromatic rings. The third kappa shape index (κ3) is 6.25. The van der Waals surface area contributed by atoms with Crippen LogP contribution in [0.3, 0.4) is 0 Å². The molecule has 1 saturated carbocycles. The van der Waals surface area contributed by atoms with Crippen LogP contribution in [0.15, 0.2) is 29.2 Å². The molecule has 2 rings (SSSR count). The predicted molar refractivity (Wildman–Crippen MR) is 115 cm³/mol. The van der Waals surface area contributed by atoms with E-state index in [0.29, 0.717) is 17.7 Å². The molecule has 0 radical (unpaired) electrons. The van der Waals surface area contributed by atoms with Gasteiger partial charge in [0.2, 0.25) is 0 Å². The monoisotopic (exact) mass is 417 g/mol. The van der Waals surface area contributed by atoms with E-state index >= 15 is 0 Å². The van der Waals surface area contributed by atoms with Gasteiger partial charge in [-0.15, -0.1) is 0 Å². The van der Waals surface area contributed by atoms with Crippen LogP contribution in [0.1, 0.15) is 37.7 Å². The molecule has 152 valence electrons. The van der Waals surface area contributed by atoms with Gasteiger partial charge < -0.3 is 4.43 Å². The molecule has 1 N–H and O–H groups in total. The summed E-state index contributed by atoms with van der Waals surface area (Å²) < 4.78 is 19.2. The van der Waals surface area contributed by atoms with E-state index in [1.54, 1.807) is 0 Å². The van der Waals surface area contributed by atoms with Crippen LogP contribution in [0.4, 0.5) is 0 Å². The number of aryl methyl sites for hydroxylation is 1. The largest absolute Gasteiger partial charge is 0.415 e. The smallest absolute Gasteiger partial charge is 0.183 e. The van der Waals surface area contributed by atoms with E-state index in [0.717, 1.165) is 24.8 Å². The second kappa shape index (κ2) is 9.32. The molecule has 28 heavy (non-hydrogen) atoms. The van der Waals surface area contributed by atoms with Crippen molar-refractivity contribution in [3.8, 4) is 12.1 Å². The Labute approximate surface area is 172 Å². The van der Waals surface area contributed by atoms with Gasteiger partial charge in [-0.25, -0.2) is 0 Å². The van der Waals surface area contributed by atoms with E-state index in [-0.39, 0.29) is 12.4 Å². The van der Waals surface area contributed by atoms with Crippen LogP contribution in [-0.4, -0.2) is 36.0 Å². The second-order valence-corrected chi connectivity index (χ2v) is 14.7. The van der Waals surface area contributed by atoms with E-state index in [1.807, 2.05) is 31.2 Å². The van der Waals surface area contributed by atoms with Crippen LogP contribution in [-0.2, 0) is 15.2 Å². The van der Waals surface area contributed by atoms with E-state index in [2.05, 4.69) is 37.1 Å². The number of nitriles is 2. The molecule has 5 nitrogen and oxygen atoms in total. The molecular weight excluding hydrogens is 386 g/mol. The molecule has 0 heterocycles. The molecular formula is C21H31N3O2SSi. The fraction of sp³-hybridized carbons (Fsp3) is 0.619. The first-order valence-electron chi connectivity index (χ1n) is 9.84. The molecule has 0 amide bonds. The maximum Gasteiger partial charge on any atom is 0.183 e. The zero-order valence-corrected chi connectivity index (χ0v) is 19.2. The minimum Gasteiger partial charge on any atom is -0.415 e. The Morgan fingerprint density at radius 2 is 1.79 bits per heavy atom. The van der Waals surface area contributed by atoms with Gasteiger partial charge in [0.25, 0.3) is 0 Å². The molecule has 0 aliphatic heterocycles. The Hall–Kier alpha value is -1.51. The van der Waals surface area contributed by atoms with Crippen LogP contribution in [0.25, 0.3) is 0 Å². The minimum atomic E-state index is -1.89. The van der Waals surface area contributed by atoms with Crippen molar-refractivity contribution in [1.82, 2.24) is 5.32 Å². The molecule has 1 unspecified atom stereocenters. The van der Waals surface area contributed by atoms with Gasteiger partial charge in [0.1, 0.15) is 11.1 Å². The summed E-state index contributed by atoms with van der Waals surface area (Å²) in [5.74, 6) is 0.0977. The Bertz CT molecular complexity index is 771. The number of benzene rings is 1. The van der Waals surface area contributed by atoms with Gasteiger partial charge in [0, 0.05) is 4.90 Å². The standard InChI is InChI=1S/C21H31N3O2SSi/c1-18-8-10-19(11-9-18)27(25)17-21(15-23,16-26-28(2,3)4)24-20(14-22)12-6-5-7-13-20/h8-11,24H,5-7,12-13,16-17H2,1-4H3/t21-,27?/m1/s1. The fourth-order valence-electron chi connectivity index (χ4n) is 3.42. The van der Waals surface area contributed by atoms with Crippen LogP contribution in [0.2, 0.25) is 19.6 Å². The van der Waals surface area contributed by atoms with Crippen LogP contribution >= 0.6 is 0 Å². The lowest BCUT2D eigenvalue weighted by Gasteiger charge is -2.40. The predicted octanol–water partition coefficient (Wildman–Crippen LogP) is 4.03. The molecule has 7 heteroatoms. The average molecular weight is 418 g/mol. The highest BCUT2D eigenvalue weighted by molar-refractivity contribution is 7.85. The molecule has 0 aromatic heterocycles. The van der Waals surface area contributed by atoms with E-state index < -0.39 is 30.2 Å². The van der Waals surface area contributed by atoms with Gasteiger partial charge in [0.05, 0.1) is 35.3 Å². The molecule has 0 spiro atoms. The minimum absolute atomic E-state index is 0.0977. The van der Waals surface area contributed by atoms with Gasteiger partial charge >= 0.3 is 0 Å². The summed E-state index contributed by atoms with van der Waals surface area (Å²) in [7, 11) is -3.27. The summed E-state index contributed by atoms with van der Waals surface area (Å²) >= 11 is 0. The highest BCUT2D eigenvalue weighted by Gasteiger charge is 2.44. The Morgan fingerprint density at radius 1 is 1.18 bits per heavy atom. The first-order chi connectivity index (χ1) is 13.1. The molecule has 1 aliphatic rings. The molecule has 0 bridgehead atoms. The van der Waals surface area contributed by atoms with Crippen molar-refractivity contribution in [3.05, 3.63) is 29.8 Å². The lowest BCUT2D eigenvalue weighted by atomic mass is 9.81. The Balaban J connectivity index is 2.31. The van der Waals surface area contributed by atoms with Gasteiger partial charge in [-0.2, -0.15) is 10.5 Å². The van der Waals surface area contributed by atoms with Crippen molar-refractivity contribution in [1.29, 1.82) is 10.5 Å². The van der Waals surface area contributed by atoms with Crippen molar-refractivity contribution in [3.63, 3.8) is 0 Å². The van der Waals surface area contributed by atoms with E-state index in [1.165, 1.54) is 0 Å². The summed E-state index contributed by atoms with van der Waals surface area (Å²) in [5, 5.41) is 23.4. The maximum absolute atomic E-state index is 13.1. The van der Waals surface area contributed by atoms with Crippen molar-refractivity contribution < 1.29 is 8.63 Å². The zero-order valence-electron chi connectivity index (χ0n) is 17.4. The number of rotatable bonds is 8. The second-order valence-electron chi connectivity index (χ2n) is 8.78. The lowest BCUT2D eigenvalue weighted by molar-refractivity contribution is 0.177. The van der Waals surface area contributed by atoms with Crippen LogP contribution in [0, 0.1) is 29.6 Å². The number of hydrogen-bond donors (Lipinski definition) is 1. The fourth-order valence-corrected chi connectivity index (χ4v) is 5.37. The Kier molecular flexibility index (Phi) is 7.58. The highest BCUT2D eigenvalue weighted by Crippen LogP contribution is 2.31. The number of nitrogens with zero attached hydrogens (tertiary/aromatic N) is 2. The highest BCUT2D eigenvalue weighted by atomic mass is 32.2. The van der Waals surface area contributed by atoms with Gasteiger partial charge in [0.15, 0.2) is 8.32 Å². The molecule has 1 fully saturated rings. The van der Waals surface area contributed by atoms with Crippen molar-refractivity contribution in [2.24, 2.45) is 0 Å². The maximum atomic E-state index is 13.1. The average Bonchev–Trinajstić information content (AvgIpc) is 2.67. The quantitative estimate of drug-likeness (QED) is 0.645. The first kappa shape index (κ1) is 22.8. The summed E-state index contributed by atoms with van der Waals surface area (Å²) in [6.07, 6.45) is 4.43. The molecule has 0 saturated heterocycles. The third-order valence-corrected chi connectivity index (χ3v) is 7.59. The molecule has 1 aliphatic carbocycles. The Morgan fingerprint density at radius 3 is 2.29 bits per heavy atom. The summed E-state index contributed by atoms with van der Waals surface area (Å²) in [5.41, 5.74) is -0.824. The molecule has 1 aromatic carbocycles. The van der Waals surface area contributed by atoms with Gasteiger partial charge in [-0.1, -0.05) is 37.0 Å². The van der Waals surface area contributed by atoms with Gasteiger partial charge in [-0.3, -0.25) is 9.53 Å². The SMILES string of the molecule is Cc1ccc(S(=O)C[C@@](C#N)(CO[Si](C)(C)C)NC2(C#N)CCCCC2)cc1. The van der Waals surface area contributed by atoms with E-state index in [9.17, 15) is 14.7 Å². The van der Waals surface area contributed by atoms with Gasteiger partial charge in [-0.05, 0) is 51.5 Å². The zero-order chi connectivity index (χ0) is 20.8.